The summed E-state index contributed by atoms with van der Waals surface area (Å²) in [7, 11) is 1.96. The molecule has 2 saturated carbocycles. The molecule has 0 spiro atoms. The van der Waals surface area contributed by atoms with Crippen LogP contribution >= 0.6 is 36.6 Å². The number of benzene rings is 3. The molecule has 0 radical (unpaired) electrons. The quantitative estimate of drug-likeness (QED) is 0.0310. The van der Waals surface area contributed by atoms with Gasteiger partial charge in [-0.05, 0) is 118 Å². The van der Waals surface area contributed by atoms with E-state index in [1.54, 1.807) is 0 Å². The number of aliphatic carboxylic acids is 4. The summed E-state index contributed by atoms with van der Waals surface area (Å²) in [4.78, 5) is 49.2. The van der Waals surface area contributed by atoms with Crippen LogP contribution in [0.2, 0.25) is 0 Å². The van der Waals surface area contributed by atoms with Gasteiger partial charge in [0.05, 0.1) is 6.61 Å². The van der Waals surface area contributed by atoms with Crippen molar-refractivity contribution >= 4 is 60.5 Å². The first kappa shape index (κ1) is 54.3. The first-order valence-electron chi connectivity index (χ1n) is 21.7. The average Bonchev–Trinajstić information content (AvgIpc) is 3.91. The van der Waals surface area contributed by atoms with Crippen LogP contribution in [0.25, 0.3) is 0 Å². The first-order chi connectivity index (χ1) is 28.9. The Bertz CT molecular complexity index is 1760. The summed E-state index contributed by atoms with van der Waals surface area (Å²) in [5, 5.41) is 40.7. The summed E-state index contributed by atoms with van der Waals surface area (Å²) in [5.41, 5.74) is 0.309. The second-order valence-corrected chi connectivity index (χ2v) is 17.7. The van der Waals surface area contributed by atoms with Crippen molar-refractivity contribution in [3.05, 3.63) is 95.6 Å². The highest BCUT2D eigenvalue weighted by Gasteiger charge is 2.53. The Kier molecular flexibility index (Phi) is 24.6. The van der Waals surface area contributed by atoms with E-state index < -0.39 is 34.7 Å². The SMILES string of the molecule is CCCCCCCCCc1ccc(CN(C)C2CCC(C(=O)O)(C(=O)O)C2)cc1.Cl.Cl.O=C(O)C1(C(=O)O)CCC(NCc2ccc(OCCCCSc3ccccc3)cc2)C1. The maximum absolute atomic E-state index is 11.5. The van der Waals surface area contributed by atoms with E-state index in [4.69, 9.17) is 4.74 Å². The van der Waals surface area contributed by atoms with Crippen LogP contribution in [0, 0.1) is 10.8 Å². The molecule has 14 heteroatoms. The Hall–Kier alpha value is -3.81. The zero-order valence-electron chi connectivity index (χ0n) is 36.3. The number of aryl methyl sites for hydroxylation is 1. The average molecular weight is 920 g/mol. The molecule has 344 valence electrons. The Morgan fingerprint density at radius 2 is 1.23 bits per heavy atom. The Morgan fingerprint density at radius 3 is 1.81 bits per heavy atom. The molecule has 0 bridgehead atoms. The minimum Gasteiger partial charge on any atom is -0.494 e. The number of nitrogens with one attached hydrogen (secondary N) is 1. The maximum Gasteiger partial charge on any atom is 0.321 e. The van der Waals surface area contributed by atoms with Crippen LogP contribution in [0.5, 0.6) is 5.75 Å². The highest BCUT2D eigenvalue weighted by atomic mass is 35.5. The van der Waals surface area contributed by atoms with Crippen molar-refractivity contribution in [3.8, 4) is 5.75 Å². The summed E-state index contributed by atoms with van der Waals surface area (Å²) >= 11 is 1.86. The predicted octanol–water partition coefficient (Wildman–Crippen LogP) is 10.4. The predicted molar refractivity (Wildman–Crippen MR) is 250 cm³/mol. The van der Waals surface area contributed by atoms with E-state index in [1.807, 2.05) is 49.1 Å². The fourth-order valence-corrected chi connectivity index (χ4v) is 9.09. The molecule has 0 heterocycles. The molecule has 11 nitrogen and oxygen atoms in total. The molecule has 0 saturated heterocycles. The number of carbonyl (C=O) groups is 4. The molecule has 2 aliphatic rings. The Labute approximate surface area is 384 Å². The molecule has 2 fully saturated rings. The van der Waals surface area contributed by atoms with E-state index in [9.17, 15) is 39.6 Å². The van der Waals surface area contributed by atoms with E-state index in [0.29, 0.717) is 32.5 Å². The molecule has 0 aliphatic heterocycles. The lowest BCUT2D eigenvalue weighted by molar-refractivity contribution is -0.166. The second kappa shape index (κ2) is 28.1. The molecule has 2 aliphatic carbocycles. The van der Waals surface area contributed by atoms with E-state index in [2.05, 4.69) is 65.7 Å². The summed E-state index contributed by atoms with van der Waals surface area (Å²) in [6, 6.07) is 26.7. The summed E-state index contributed by atoms with van der Waals surface area (Å²) < 4.78 is 5.81. The van der Waals surface area contributed by atoms with E-state index >= 15 is 0 Å². The maximum atomic E-state index is 11.5. The van der Waals surface area contributed by atoms with Crippen molar-refractivity contribution in [1.29, 1.82) is 0 Å². The van der Waals surface area contributed by atoms with Gasteiger partial charge >= 0.3 is 23.9 Å². The normalized spacial score (nSPS) is 17.2. The van der Waals surface area contributed by atoms with Gasteiger partial charge in [-0.1, -0.05) is 100 Å². The molecule has 3 aromatic rings. The zero-order valence-corrected chi connectivity index (χ0v) is 38.8. The lowest BCUT2D eigenvalue weighted by Crippen LogP contribution is -2.39. The van der Waals surface area contributed by atoms with Gasteiger partial charge in [0.15, 0.2) is 10.8 Å². The first-order valence-corrected chi connectivity index (χ1v) is 22.7. The van der Waals surface area contributed by atoms with Crippen LogP contribution in [-0.2, 0) is 38.7 Å². The lowest BCUT2D eigenvalue weighted by Gasteiger charge is -2.26. The number of hydrogen-bond acceptors (Lipinski definition) is 8. The van der Waals surface area contributed by atoms with Crippen molar-refractivity contribution < 1.29 is 44.3 Å². The van der Waals surface area contributed by atoms with Crippen LogP contribution < -0.4 is 10.1 Å². The molecule has 0 aromatic heterocycles. The third-order valence-electron chi connectivity index (χ3n) is 12.1. The number of hydrogen-bond donors (Lipinski definition) is 5. The van der Waals surface area contributed by atoms with Gasteiger partial charge in [-0.2, -0.15) is 0 Å². The molecule has 0 amide bonds. The molecule has 62 heavy (non-hydrogen) atoms. The molecule has 2 unspecified atom stereocenters. The fourth-order valence-electron chi connectivity index (χ4n) is 8.16. The third kappa shape index (κ3) is 16.7. The van der Waals surface area contributed by atoms with E-state index in [1.165, 1.54) is 61.0 Å². The van der Waals surface area contributed by atoms with E-state index in [-0.39, 0.29) is 62.6 Å². The third-order valence-corrected chi connectivity index (χ3v) is 13.2. The van der Waals surface area contributed by atoms with Crippen molar-refractivity contribution in [2.24, 2.45) is 10.8 Å². The molecule has 2 atom stereocenters. The van der Waals surface area contributed by atoms with Crippen molar-refractivity contribution in [3.63, 3.8) is 0 Å². The number of ether oxygens (including phenoxy) is 1. The van der Waals surface area contributed by atoms with Gasteiger partial charge in [0.25, 0.3) is 0 Å². The zero-order chi connectivity index (χ0) is 43.4. The van der Waals surface area contributed by atoms with E-state index in [0.717, 1.165) is 36.3 Å². The topological polar surface area (TPSA) is 174 Å². The fraction of sp³-hybridized carbons (Fsp3) is 0.542. The van der Waals surface area contributed by atoms with Gasteiger partial charge in [0.2, 0.25) is 0 Å². The van der Waals surface area contributed by atoms with Crippen LogP contribution in [0.1, 0.15) is 120 Å². The number of carboxylic acid groups (broad SMARTS) is 4. The number of thioether (sulfide) groups is 1. The van der Waals surface area contributed by atoms with Gasteiger partial charge in [0, 0.05) is 30.1 Å². The smallest absolute Gasteiger partial charge is 0.321 e. The summed E-state index contributed by atoms with van der Waals surface area (Å²) in [6.07, 6.45) is 14.2. The largest absolute Gasteiger partial charge is 0.494 e. The molecule has 5 rings (SSSR count). The second-order valence-electron chi connectivity index (χ2n) is 16.6. The van der Waals surface area contributed by atoms with Crippen molar-refractivity contribution in [1.82, 2.24) is 10.2 Å². The number of nitrogens with zero attached hydrogens (tertiary/aromatic N) is 1. The highest BCUT2D eigenvalue weighted by Crippen LogP contribution is 2.41. The van der Waals surface area contributed by atoms with Gasteiger partial charge in [-0.3, -0.25) is 24.1 Å². The molecular weight excluding hydrogens is 852 g/mol. The summed E-state index contributed by atoms with van der Waals surface area (Å²) in [6.45, 7) is 4.20. The Morgan fingerprint density at radius 1 is 0.677 bits per heavy atom. The van der Waals surface area contributed by atoms with Gasteiger partial charge in [0.1, 0.15) is 5.75 Å². The number of unbranched alkanes of at least 4 members (excludes halogenated alkanes) is 7. The van der Waals surface area contributed by atoms with Crippen LogP contribution in [-0.4, -0.2) is 80.7 Å². The van der Waals surface area contributed by atoms with Crippen molar-refractivity contribution in [2.45, 2.75) is 140 Å². The Balaban J connectivity index is 0.000000414. The monoisotopic (exact) mass is 918 g/mol. The highest BCUT2D eigenvalue weighted by molar-refractivity contribution is 7.99. The number of carboxylic acids is 4. The lowest BCUT2D eigenvalue weighted by atomic mass is 9.86. The minimum atomic E-state index is -1.66. The van der Waals surface area contributed by atoms with Crippen LogP contribution in [0.15, 0.2) is 83.8 Å². The van der Waals surface area contributed by atoms with Gasteiger partial charge in [-0.25, -0.2) is 0 Å². The van der Waals surface area contributed by atoms with Crippen molar-refractivity contribution in [2.75, 3.05) is 19.4 Å². The van der Waals surface area contributed by atoms with Gasteiger partial charge in [-0.15, -0.1) is 36.6 Å². The number of rotatable bonds is 25. The van der Waals surface area contributed by atoms with Crippen LogP contribution in [0.4, 0.5) is 0 Å². The molecule has 5 N–H and O–H groups in total. The molecular formula is C48H68Cl2N2O9S. The molecule has 3 aromatic carbocycles. The van der Waals surface area contributed by atoms with Crippen LogP contribution in [0.3, 0.4) is 0 Å². The summed E-state index contributed by atoms with van der Waals surface area (Å²) in [5.74, 6) is -3.01. The minimum absolute atomic E-state index is 0. The standard InChI is InChI=1S/C24H29NO5S.C24H37NO4.2ClH/c26-22(27)24(23(28)29)13-12-19(16-24)25-17-18-8-10-20(11-9-18)30-14-4-5-15-31-21-6-2-1-3-7-21;1-3-4-5-6-7-8-9-10-19-11-13-20(14-12-19)18-25(2)21-15-16-24(17-21,22(26)27)23(28)29;;/h1-3,6-11,19,25H,4-5,12-17H2,(H,26,27)(H,28,29);11-14,21H,3-10,15-18H2,1-2H3,(H,26,27)(H,28,29);2*1H. The van der Waals surface area contributed by atoms with Gasteiger partial charge < -0.3 is 30.5 Å². The number of halogens is 2.